The maximum Gasteiger partial charge on any atom is 0.0509 e. The minimum absolute atomic E-state index is 0.437. The third-order valence-corrected chi connectivity index (χ3v) is 4.49. The highest BCUT2D eigenvalue weighted by Gasteiger charge is 2.21. The van der Waals surface area contributed by atoms with Crippen LogP contribution in [0.1, 0.15) is 23.1 Å². The van der Waals surface area contributed by atoms with Crippen LogP contribution >= 0.6 is 23.2 Å². The van der Waals surface area contributed by atoms with Crippen molar-refractivity contribution < 1.29 is 0 Å². The van der Waals surface area contributed by atoms with Crippen molar-refractivity contribution in [1.82, 2.24) is 0 Å². The van der Waals surface area contributed by atoms with E-state index in [1.165, 1.54) is 16.8 Å². The molecule has 1 heterocycles. The van der Waals surface area contributed by atoms with Gasteiger partial charge in [0.1, 0.15) is 0 Å². The van der Waals surface area contributed by atoms with Crippen molar-refractivity contribution in [3.8, 4) is 0 Å². The van der Waals surface area contributed by atoms with Gasteiger partial charge in [0.05, 0.1) is 5.88 Å². The fraction of sp³-hybridized carbons (Fsp3) is 0.294. The molecule has 0 aliphatic carbocycles. The number of fused-ring (bicyclic) bond motifs is 1. The van der Waals surface area contributed by atoms with E-state index >= 15 is 0 Å². The van der Waals surface area contributed by atoms with Gasteiger partial charge in [-0.05, 0) is 43.5 Å². The first kappa shape index (κ1) is 13.8. The molecular weight excluding hydrogens is 289 g/mol. The summed E-state index contributed by atoms with van der Waals surface area (Å²) in [6, 6.07) is 12.7. The second-order valence-electron chi connectivity index (χ2n) is 5.26. The summed E-state index contributed by atoms with van der Waals surface area (Å²) in [4.78, 5) is 2.35. The first-order valence-electron chi connectivity index (χ1n) is 6.91. The largest absolute Gasteiger partial charge is 0.341 e. The molecule has 0 bridgehead atoms. The molecule has 0 fully saturated rings. The number of anilines is 2. The Bertz CT molecular complexity index is 637. The fourth-order valence-corrected chi connectivity index (χ4v) is 3.49. The zero-order valence-corrected chi connectivity index (χ0v) is 13.0. The van der Waals surface area contributed by atoms with Gasteiger partial charge in [-0.25, -0.2) is 0 Å². The molecule has 0 unspecified atom stereocenters. The molecule has 0 N–H and O–H groups in total. The molecule has 2 aromatic rings. The predicted molar refractivity (Wildman–Crippen MR) is 87.5 cm³/mol. The van der Waals surface area contributed by atoms with Crippen LogP contribution in [0, 0.1) is 6.92 Å². The van der Waals surface area contributed by atoms with Gasteiger partial charge in [0, 0.05) is 28.5 Å². The molecule has 1 nitrogen and oxygen atoms in total. The van der Waals surface area contributed by atoms with Crippen LogP contribution in [-0.2, 0) is 12.3 Å². The summed E-state index contributed by atoms with van der Waals surface area (Å²) >= 11 is 12.4. The van der Waals surface area contributed by atoms with Gasteiger partial charge in [-0.1, -0.05) is 35.4 Å². The van der Waals surface area contributed by atoms with Crippen LogP contribution in [0.3, 0.4) is 0 Å². The summed E-state index contributed by atoms with van der Waals surface area (Å²) in [6.07, 6.45) is 2.30. The van der Waals surface area contributed by atoms with Crippen molar-refractivity contribution in [1.29, 1.82) is 0 Å². The minimum atomic E-state index is 0.437. The van der Waals surface area contributed by atoms with Crippen molar-refractivity contribution in [2.75, 3.05) is 11.4 Å². The Morgan fingerprint density at radius 3 is 2.80 bits per heavy atom. The lowest BCUT2D eigenvalue weighted by Gasteiger charge is -2.33. The van der Waals surface area contributed by atoms with Gasteiger partial charge in [-0.3, -0.25) is 0 Å². The lowest BCUT2D eigenvalue weighted by molar-refractivity contribution is 0.764. The smallest absolute Gasteiger partial charge is 0.0509 e. The lowest BCUT2D eigenvalue weighted by atomic mass is 9.98. The van der Waals surface area contributed by atoms with Gasteiger partial charge in [-0.15, -0.1) is 11.6 Å². The molecule has 0 atom stereocenters. The number of nitrogens with zero attached hydrogens (tertiary/aromatic N) is 1. The first-order valence-corrected chi connectivity index (χ1v) is 7.82. The van der Waals surface area contributed by atoms with E-state index < -0.39 is 0 Å². The van der Waals surface area contributed by atoms with Crippen LogP contribution in [0.15, 0.2) is 36.4 Å². The summed E-state index contributed by atoms with van der Waals surface area (Å²) in [7, 11) is 0. The van der Waals surface area contributed by atoms with E-state index in [1.54, 1.807) is 0 Å². The topological polar surface area (TPSA) is 3.24 Å². The van der Waals surface area contributed by atoms with E-state index in [4.69, 9.17) is 23.2 Å². The normalized spacial score (nSPS) is 14.2. The molecule has 0 saturated heterocycles. The van der Waals surface area contributed by atoms with Gasteiger partial charge in [-0.2, -0.15) is 0 Å². The van der Waals surface area contributed by atoms with Crippen molar-refractivity contribution in [3.63, 3.8) is 0 Å². The van der Waals surface area contributed by atoms with Gasteiger partial charge in [0.15, 0.2) is 0 Å². The van der Waals surface area contributed by atoms with E-state index in [9.17, 15) is 0 Å². The molecule has 0 radical (unpaired) electrons. The highest BCUT2D eigenvalue weighted by Crippen LogP contribution is 2.38. The first-order chi connectivity index (χ1) is 9.70. The Kier molecular flexibility index (Phi) is 3.91. The Morgan fingerprint density at radius 1 is 1.15 bits per heavy atom. The zero-order valence-electron chi connectivity index (χ0n) is 11.5. The van der Waals surface area contributed by atoms with Crippen LogP contribution in [0.4, 0.5) is 11.4 Å². The Morgan fingerprint density at radius 2 is 2.00 bits per heavy atom. The molecule has 104 valence electrons. The molecule has 3 rings (SSSR count). The van der Waals surface area contributed by atoms with Gasteiger partial charge >= 0.3 is 0 Å². The number of hydrogen-bond acceptors (Lipinski definition) is 1. The predicted octanol–water partition coefficient (Wildman–Crippen LogP) is 5.47. The van der Waals surface area contributed by atoms with Crippen molar-refractivity contribution >= 4 is 34.6 Å². The van der Waals surface area contributed by atoms with E-state index in [0.29, 0.717) is 5.88 Å². The molecule has 0 saturated carbocycles. The fourth-order valence-electron chi connectivity index (χ4n) is 2.91. The maximum absolute atomic E-state index is 6.29. The monoisotopic (exact) mass is 305 g/mol. The molecule has 20 heavy (non-hydrogen) atoms. The Hall–Kier alpha value is -1.18. The SMILES string of the molecule is Cc1ccc2c(c1)CCCN2c1cccc(Cl)c1CCl. The number of hydrogen-bond donors (Lipinski definition) is 0. The van der Waals surface area contributed by atoms with Crippen LogP contribution < -0.4 is 4.90 Å². The average Bonchev–Trinajstić information content (AvgIpc) is 2.46. The molecule has 0 spiro atoms. The van der Waals surface area contributed by atoms with Crippen LogP contribution in [-0.4, -0.2) is 6.54 Å². The van der Waals surface area contributed by atoms with Crippen LogP contribution in [0.25, 0.3) is 0 Å². The second kappa shape index (κ2) is 5.67. The number of benzene rings is 2. The average molecular weight is 306 g/mol. The molecular formula is C17H17Cl2N. The van der Waals surface area contributed by atoms with Crippen molar-refractivity contribution in [2.24, 2.45) is 0 Å². The number of halogens is 2. The molecule has 0 amide bonds. The number of rotatable bonds is 2. The van der Waals surface area contributed by atoms with E-state index in [1.807, 2.05) is 12.1 Å². The second-order valence-corrected chi connectivity index (χ2v) is 5.93. The molecule has 3 heteroatoms. The van der Waals surface area contributed by atoms with E-state index in [2.05, 4.69) is 36.1 Å². The van der Waals surface area contributed by atoms with Crippen molar-refractivity contribution in [3.05, 3.63) is 58.1 Å². The van der Waals surface area contributed by atoms with Crippen molar-refractivity contribution in [2.45, 2.75) is 25.6 Å². The van der Waals surface area contributed by atoms with E-state index in [0.717, 1.165) is 35.7 Å². The third-order valence-electron chi connectivity index (χ3n) is 3.87. The highest BCUT2D eigenvalue weighted by atomic mass is 35.5. The van der Waals surface area contributed by atoms with Gasteiger partial charge in [0.25, 0.3) is 0 Å². The number of alkyl halides is 1. The third kappa shape index (κ3) is 2.41. The summed E-state index contributed by atoms with van der Waals surface area (Å²) in [5.41, 5.74) is 6.17. The van der Waals surface area contributed by atoms with Crippen LogP contribution in [0.5, 0.6) is 0 Å². The maximum atomic E-state index is 6.29. The summed E-state index contributed by atoms with van der Waals surface area (Å²) in [5, 5.41) is 0.747. The quantitative estimate of drug-likeness (QED) is 0.665. The number of aryl methyl sites for hydroxylation is 2. The summed E-state index contributed by atoms with van der Waals surface area (Å²) in [5.74, 6) is 0.437. The summed E-state index contributed by atoms with van der Waals surface area (Å²) in [6.45, 7) is 3.16. The highest BCUT2D eigenvalue weighted by molar-refractivity contribution is 6.32. The molecule has 2 aromatic carbocycles. The molecule has 0 aromatic heterocycles. The van der Waals surface area contributed by atoms with E-state index in [-0.39, 0.29) is 0 Å². The zero-order chi connectivity index (χ0) is 14.1. The van der Waals surface area contributed by atoms with Gasteiger partial charge in [0.2, 0.25) is 0 Å². The van der Waals surface area contributed by atoms with Gasteiger partial charge < -0.3 is 4.90 Å². The van der Waals surface area contributed by atoms with Crippen LogP contribution in [0.2, 0.25) is 5.02 Å². The molecule has 1 aliphatic heterocycles. The Balaban J connectivity index is 2.11. The standard InChI is InChI=1S/C17H17Cl2N/c1-12-7-8-16-13(10-12)4-3-9-20(16)17-6-2-5-15(19)14(17)11-18/h2,5-8,10H,3-4,9,11H2,1H3. The Labute approximate surface area is 130 Å². The minimum Gasteiger partial charge on any atom is -0.341 e. The summed E-state index contributed by atoms with van der Waals surface area (Å²) < 4.78 is 0. The molecule has 1 aliphatic rings. The lowest BCUT2D eigenvalue weighted by Crippen LogP contribution is -2.25.